The van der Waals surface area contributed by atoms with Crippen molar-refractivity contribution in [2.45, 2.75) is 57.2 Å². The molecule has 0 aromatic heterocycles. The molecule has 2 bridgehead atoms. The van der Waals surface area contributed by atoms with E-state index < -0.39 is 0 Å². The van der Waals surface area contributed by atoms with Crippen LogP contribution >= 0.6 is 0 Å². The Balaban J connectivity index is 1.75. The van der Waals surface area contributed by atoms with Gasteiger partial charge < -0.3 is 10.1 Å². The largest absolute Gasteiger partial charge is 0.382 e. The monoisotopic (exact) mass is 226 g/mol. The van der Waals surface area contributed by atoms with Crippen molar-refractivity contribution in [2.75, 3.05) is 26.8 Å². The smallest absolute Gasteiger partial charge is 0.0478 e. The summed E-state index contributed by atoms with van der Waals surface area (Å²) in [7, 11) is 2.11. The zero-order chi connectivity index (χ0) is 11.4. The molecule has 0 aliphatic carbocycles. The highest BCUT2D eigenvalue weighted by atomic mass is 16.5. The normalized spacial score (nSPS) is 34.5. The summed E-state index contributed by atoms with van der Waals surface area (Å²) in [5.74, 6) is 0. The van der Waals surface area contributed by atoms with Crippen LogP contribution in [0.25, 0.3) is 0 Å². The van der Waals surface area contributed by atoms with Crippen LogP contribution in [0.4, 0.5) is 0 Å². The highest BCUT2D eigenvalue weighted by Crippen LogP contribution is 2.35. The first kappa shape index (κ1) is 12.3. The van der Waals surface area contributed by atoms with E-state index in [9.17, 15) is 0 Å². The summed E-state index contributed by atoms with van der Waals surface area (Å²) in [6.45, 7) is 5.10. The van der Waals surface area contributed by atoms with Gasteiger partial charge in [0.05, 0.1) is 0 Å². The Morgan fingerprint density at radius 1 is 1.25 bits per heavy atom. The molecule has 1 N–H and O–H groups in total. The second-order valence-corrected chi connectivity index (χ2v) is 5.13. The van der Waals surface area contributed by atoms with Crippen molar-refractivity contribution >= 4 is 0 Å². The van der Waals surface area contributed by atoms with Crippen LogP contribution < -0.4 is 5.32 Å². The Morgan fingerprint density at radius 2 is 1.94 bits per heavy atom. The Labute approximate surface area is 99.5 Å². The van der Waals surface area contributed by atoms with Gasteiger partial charge in [0.2, 0.25) is 0 Å². The van der Waals surface area contributed by atoms with Crippen LogP contribution in [0.2, 0.25) is 0 Å². The van der Waals surface area contributed by atoms with Crippen molar-refractivity contribution in [3.8, 4) is 0 Å². The topological polar surface area (TPSA) is 24.5 Å². The van der Waals surface area contributed by atoms with Gasteiger partial charge in [-0.1, -0.05) is 0 Å². The van der Waals surface area contributed by atoms with E-state index in [1.807, 2.05) is 0 Å². The Hall–Kier alpha value is -0.120. The van der Waals surface area contributed by atoms with Crippen molar-refractivity contribution in [3.05, 3.63) is 0 Å². The number of hydrogen-bond donors (Lipinski definition) is 1. The lowest BCUT2D eigenvalue weighted by molar-refractivity contribution is 0.0910. The van der Waals surface area contributed by atoms with Gasteiger partial charge >= 0.3 is 0 Å². The molecule has 2 rings (SSSR count). The first-order valence-electron chi connectivity index (χ1n) is 6.86. The molecular formula is C13H26N2O. The van der Waals surface area contributed by atoms with Gasteiger partial charge in [0.15, 0.2) is 0 Å². The minimum absolute atomic E-state index is 0.764. The van der Waals surface area contributed by atoms with Crippen LogP contribution in [0.5, 0.6) is 0 Å². The summed E-state index contributed by atoms with van der Waals surface area (Å²) in [4.78, 5) is 2.74. The van der Waals surface area contributed by atoms with Crippen LogP contribution in [0.1, 0.15) is 39.0 Å². The van der Waals surface area contributed by atoms with Crippen LogP contribution in [-0.4, -0.2) is 49.8 Å². The fourth-order valence-electron chi connectivity index (χ4n) is 3.37. The molecule has 0 radical (unpaired) electrons. The summed E-state index contributed by atoms with van der Waals surface area (Å²) >= 11 is 0. The van der Waals surface area contributed by atoms with Crippen LogP contribution in [-0.2, 0) is 4.74 Å². The summed E-state index contributed by atoms with van der Waals surface area (Å²) in [6.07, 6.45) is 6.73. The lowest BCUT2D eigenvalue weighted by Crippen LogP contribution is -2.48. The predicted molar refractivity (Wildman–Crippen MR) is 66.7 cm³/mol. The molecule has 0 aromatic rings. The van der Waals surface area contributed by atoms with E-state index in [1.54, 1.807) is 0 Å². The second kappa shape index (κ2) is 5.99. The number of nitrogens with zero attached hydrogens (tertiary/aromatic N) is 1. The number of piperidine rings is 1. The standard InChI is InChI=1S/C13H26N2O/c1-3-16-8-4-7-15-12-5-6-13(15)10-11(9-12)14-2/h11-14H,3-10H2,1-2H3. The number of fused-ring (bicyclic) bond motifs is 2. The first-order valence-corrected chi connectivity index (χ1v) is 6.86. The molecule has 2 saturated heterocycles. The molecule has 0 spiro atoms. The summed E-state index contributed by atoms with van der Waals surface area (Å²) < 4.78 is 5.42. The van der Waals surface area contributed by atoms with Gasteiger partial charge in [-0.15, -0.1) is 0 Å². The maximum absolute atomic E-state index is 5.42. The molecule has 3 nitrogen and oxygen atoms in total. The Kier molecular flexibility index (Phi) is 4.62. The molecule has 2 aliphatic rings. The van der Waals surface area contributed by atoms with Gasteiger partial charge in [0.1, 0.15) is 0 Å². The molecule has 2 atom stereocenters. The van der Waals surface area contributed by atoms with Gasteiger partial charge in [-0.3, -0.25) is 4.90 Å². The summed E-state index contributed by atoms with van der Waals surface area (Å²) in [5.41, 5.74) is 0. The van der Waals surface area contributed by atoms with Crippen molar-refractivity contribution in [1.29, 1.82) is 0 Å². The zero-order valence-corrected chi connectivity index (χ0v) is 10.7. The van der Waals surface area contributed by atoms with E-state index in [-0.39, 0.29) is 0 Å². The third-order valence-electron chi connectivity index (χ3n) is 4.20. The molecule has 2 aliphatic heterocycles. The summed E-state index contributed by atoms with van der Waals surface area (Å²) in [6, 6.07) is 2.45. The van der Waals surface area contributed by atoms with Gasteiger partial charge in [-0.2, -0.15) is 0 Å². The van der Waals surface area contributed by atoms with Crippen molar-refractivity contribution in [1.82, 2.24) is 10.2 Å². The molecule has 0 amide bonds. The highest BCUT2D eigenvalue weighted by molar-refractivity contribution is 4.96. The summed E-state index contributed by atoms with van der Waals surface area (Å²) in [5, 5.41) is 3.45. The maximum Gasteiger partial charge on any atom is 0.0478 e. The zero-order valence-electron chi connectivity index (χ0n) is 10.7. The molecule has 94 valence electrons. The lowest BCUT2D eigenvalue weighted by Gasteiger charge is -2.38. The average Bonchev–Trinajstić information content (AvgIpc) is 2.55. The van der Waals surface area contributed by atoms with E-state index in [1.165, 1.54) is 38.6 Å². The van der Waals surface area contributed by atoms with Gasteiger partial charge in [-0.25, -0.2) is 0 Å². The molecule has 2 heterocycles. The minimum atomic E-state index is 0.764. The van der Waals surface area contributed by atoms with E-state index in [0.717, 1.165) is 31.3 Å². The first-order chi connectivity index (χ1) is 7.85. The third kappa shape index (κ3) is 2.76. The van der Waals surface area contributed by atoms with Crippen LogP contribution in [0.3, 0.4) is 0 Å². The average molecular weight is 226 g/mol. The maximum atomic E-state index is 5.42. The predicted octanol–water partition coefficient (Wildman–Crippen LogP) is 1.63. The molecule has 2 fully saturated rings. The number of rotatable bonds is 6. The van der Waals surface area contributed by atoms with Crippen molar-refractivity contribution < 1.29 is 4.74 Å². The number of nitrogens with one attached hydrogen (secondary N) is 1. The molecule has 3 heteroatoms. The second-order valence-electron chi connectivity index (χ2n) is 5.13. The molecular weight excluding hydrogens is 200 g/mol. The molecule has 16 heavy (non-hydrogen) atoms. The SMILES string of the molecule is CCOCCCN1C2CCC1CC(NC)C2. The van der Waals surface area contributed by atoms with Gasteiger partial charge in [-0.05, 0) is 46.1 Å². The molecule has 0 saturated carbocycles. The molecule has 0 aromatic carbocycles. The van der Waals surface area contributed by atoms with Gasteiger partial charge in [0.25, 0.3) is 0 Å². The fraction of sp³-hybridized carbons (Fsp3) is 1.00. The van der Waals surface area contributed by atoms with Crippen molar-refractivity contribution in [3.63, 3.8) is 0 Å². The van der Waals surface area contributed by atoms with E-state index in [2.05, 4.69) is 24.2 Å². The van der Waals surface area contributed by atoms with Gasteiger partial charge in [0, 0.05) is 37.9 Å². The number of ether oxygens (including phenoxy) is 1. The Morgan fingerprint density at radius 3 is 2.50 bits per heavy atom. The molecule has 2 unspecified atom stereocenters. The van der Waals surface area contributed by atoms with E-state index in [0.29, 0.717) is 0 Å². The van der Waals surface area contributed by atoms with E-state index >= 15 is 0 Å². The number of hydrogen-bond acceptors (Lipinski definition) is 3. The van der Waals surface area contributed by atoms with Crippen LogP contribution in [0, 0.1) is 0 Å². The highest BCUT2D eigenvalue weighted by Gasteiger charge is 2.39. The quantitative estimate of drug-likeness (QED) is 0.697. The minimum Gasteiger partial charge on any atom is -0.382 e. The van der Waals surface area contributed by atoms with Crippen molar-refractivity contribution in [2.24, 2.45) is 0 Å². The third-order valence-corrected chi connectivity index (χ3v) is 4.20. The van der Waals surface area contributed by atoms with E-state index in [4.69, 9.17) is 4.74 Å². The van der Waals surface area contributed by atoms with Crippen LogP contribution in [0.15, 0.2) is 0 Å². The Bertz CT molecular complexity index is 196. The fourth-order valence-corrected chi connectivity index (χ4v) is 3.37. The lowest BCUT2D eigenvalue weighted by atomic mass is 9.97.